The third-order valence-electron chi connectivity index (χ3n) is 3.74. The first-order valence-electron chi connectivity index (χ1n) is 8.01. The van der Waals surface area contributed by atoms with Crippen LogP contribution in [0.2, 0.25) is 0 Å². The minimum absolute atomic E-state index is 0.112. The second-order valence-corrected chi connectivity index (χ2v) is 6.50. The Labute approximate surface area is 142 Å². The molecule has 0 spiro atoms. The van der Waals surface area contributed by atoms with Gasteiger partial charge < -0.3 is 15.2 Å². The maximum atomic E-state index is 12.3. The topological polar surface area (TPSA) is 71.5 Å². The van der Waals surface area contributed by atoms with Crippen LogP contribution in [-0.4, -0.2) is 29.1 Å². The van der Waals surface area contributed by atoms with Crippen molar-refractivity contribution in [1.82, 2.24) is 10.3 Å². The lowest BCUT2D eigenvalue weighted by molar-refractivity contribution is 0.0927. The molecule has 5 heteroatoms. The summed E-state index contributed by atoms with van der Waals surface area (Å²) < 4.78 is 5.71. The lowest BCUT2D eigenvalue weighted by Gasteiger charge is -2.23. The second-order valence-electron chi connectivity index (χ2n) is 6.50. The van der Waals surface area contributed by atoms with Gasteiger partial charge in [0.15, 0.2) is 0 Å². The van der Waals surface area contributed by atoms with Gasteiger partial charge in [-0.1, -0.05) is 26.0 Å². The molecule has 0 bridgehead atoms. The summed E-state index contributed by atoms with van der Waals surface area (Å²) in [5.41, 5.74) is 1.38. The van der Waals surface area contributed by atoms with Crippen LogP contribution < -0.4 is 10.1 Å². The van der Waals surface area contributed by atoms with Crippen molar-refractivity contribution in [2.75, 3.05) is 13.2 Å². The molecule has 2 N–H and O–H groups in total. The maximum Gasteiger partial charge on any atom is 0.251 e. The number of benzene rings is 1. The van der Waals surface area contributed by atoms with Crippen LogP contribution in [0.3, 0.4) is 0 Å². The van der Waals surface area contributed by atoms with Crippen molar-refractivity contribution < 1.29 is 14.6 Å². The Balaban J connectivity index is 1.93. The summed E-state index contributed by atoms with van der Waals surface area (Å²) in [6.45, 7) is 5.05. The molecule has 128 valence electrons. The molecular formula is C19H24N2O3. The molecule has 0 atom stereocenters. The Kier molecular flexibility index (Phi) is 6.32. The van der Waals surface area contributed by atoms with Crippen molar-refractivity contribution in [3.63, 3.8) is 0 Å². The Hall–Kier alpha value is -2.40. The third-order valence-corrected chi connectivity index (χ3v) is 3.74. The molecule has 0 radical (unpaired) electrons. The summed E-state index contributed by atoms with van der Waals surface area (Å²) in [5, 5.41) is 11.9. The van der Waals surface area contributed by atoms with Crippen molar-refractivity contribution in [1.29, 1.82) is 0 Å². The van der Waals surface area contributed by atoms with Gasteiger partial charge in [0.05, 0.1) is 0 Å². The zero-order valence-corrected chi connectivity index (χ0v) is 14.2. The third kappa shape index (κ3) is 5.66. The fourth-order valence-electron chi connectivity index (χ4n) is 2.19. The van der Waals surface area contributed by atoms with Crippen molar-refractivity contribution >= 4 is 5.91 Å². The first kappa shape index (κ1) is 17.9. The highest BCUT2D eigenvalue weighted by atomic mass is 16.5. The van der Waals surface area contributed by atoms with Crippen molar-refractivity contribution in [2.24, 2.45) is 5.41 Å². The monoisotopic (exact) mass is 328 g/mol. The minimum atomic E-state index is -0.146. The Morgan fingerprint density at radius 2 is 2.12 bits per heavy atom. The lowest BCUT2D eigenvalue weighted by atomic mass is 9.89. The standard InChI is InChI=1S/C19H24N2O3/c1-19(2,8-10-22)14-21-18(23)16-6-3-7-17(11-16)24-13-15-5-4-9-20-12-15/h3-7,9,11-12,22H,8,10,13-14H2,1-2H3,(H,21,23). The molecule has 1 amide bonds. The zero-order chi connectivity index (χ0) is 17.4. The second kappa shape index (κ2) is 8.45. The summed E-state index contributed by atoms with van der Waals surface area (Å²) in [6.07, 6.45) is 4.11. The molecule has 0 saturated carbocycles. The number of rotatable bonds is 8. The number of hydrogen-bond donors (Lipinski definition) is 2. The van der Waals surface area contributed by atoms with Crippen molar-refractivity contribution in [3.8, 4) is 5.75 Å². The molecule has 5 nitrogen and oxygen atoms in total. The number of aliphatic hydroxyl groups excluding tert-OH is 1. The summed E-state index contributed by atoms with van der Waals surface area (Å²) in [5.74, 6) is 0.494. The van der Waals surface area contributed by atoms with Crippen LogP contribution in [0, 0.1) is 5.41 Å². The fraction of sp³-hybridized carbons (Fsp3) is 0.368. The van der Waals surface area contributed by atoms with Crippen molar-refractivity contribution in [2.45, 2.75) is 26.9 Å². The van der Waals surface area contributed by atoms with Crippen LogP contribution in [0.25, 0.3) is 0 Å². The van der Waals surface area contributed by atoms with Gasteiger partial charge >= 0.3 is 0 Å². The number of nitrogens with one attached hydrogen (secondary N) is 1. The quantitative estimate of drug-likeness (QED) is 0.782. The van der Waals surface area contributed by atoms with E-state index in [1.165, 1.54) is 0 Å². The van der Waals surface area contributed by atoms with E-state index < -0.39 is 0 Å². The SMILES string of the molecule is CC(C)(CCO)CNC(=O)c1cccc(OCc2cccnc2)c1. The van der Waals surface area contributed by atoms with Crippen LogP contribution >= 0.6 is 0 Å². The molecule has 2 aromatic rings. The van der Waals surface area contributed by atoms with Crippen LogP contribution in [0.1, 0.15) is 36.2 Å². The number of aliphatic hydroxyl groups is 1. The summed E-state index contributed by atoms with van der Waals surface area (Å²) >= 11 is 0. The van der Waals surface area contributed by atoms with Gasteiger partial charge in [0.2, 0.25) is 0 Å². The molecule has 0 fully saturated rings. The molecule has 0 aliphatic rings. The summed E-state index contributed by atoms with van der Waals surface area (Å²) in [7, 11) is 0. The van der Waals surface area contributed by atoms with E-state index in [9.17, 15) is 4.79 Å². The Morgan fingerprint density at radius 3 is 2.83 bits per heavy atom. The first-order chi connectivity index (χ1) is 11.5. The number of ether oxygens (including phenoxy) is 1. The van der Waals surface area contributed by atoms with Gasteiger partial charge in [-0.25, -0.2) is 0 Å². The van der Waals surface area contributed by atoms with Gasteiger partial charge in [-0.2, -0.15) is 0 Å². The first-order valence-corrected chi connectivity index (χ1v) is 8.01. The minimum Gasteiger partial charge on any atom is -0.489 e. The van der Waals surface area contributed by atoms with E-state index in [-0.39, 0.29) is 17.9 Å². The zero-order valence-electron chi connectivity index (χ0n) is 14.2. The largest absolute Gasteiger partial charge is 0.489 e. The van der Waals surface area contributed by atoms with Gasteiger partial charge in [-0.15, -0.1) is 0 Å². The molecule has 0 aliphatic carbocycles. The fourth-order valence-corrected chi connectivity index (χ4v) is 2.19. The number of hydrogen-bond acceptors (Lipinski definition) is 4. The van der Waals surface area contributed by atoms with E-state index in [1.807, 2.05) is 32.0 Å². The van der Waals surface area contributed by atoms with E-state index in [0.717, 1.165) is 5.56 Å². The van der Waals surface area contributed by atoms with E-state index in [2.05, 4.69) is 10.3 Å². The number of carbonyl (C=O) groups excluding carboxylic acids is 1. The average Bonchev–Trinajstić information content (AvgIpc) is 2.59. The van der Waals surface area contributed by atoms with E-state index in [1.54, 1.807) is 30.6 Å². The molecule has 2 rings (SSSR count). The normalized spacial score (nSPS) is 11.1. The van der Waals surface area contributed by atoms with Gasteiger partial charge in [0, 0.05) is 36.7 Å². The number of amides is 1. The van der Waals surface area contributed by atoms with Gasteiger partial charge in [0.25, 0.3) is 5.91 Å². The van der Waals surface area contributed by atoms with Crippen LogP contribution in [0.15, 0.2) is 48.8 Å². The van der Waals surface area contributed by atoms with E-state index in [4.69, 9.17) is 9.84 Å². The molecular weight excluding hydrogens is 304 g/mol. The number of aromatic nitrogens is 1. The summed E-state index contributed by atoms with van der Waals surface area (Å²) in [4.78, 5) is 16.3. The van der Waals surface area contributed by atoms with Crippen LogP contribution in [-0.2, 0) is 6.61 Å². The molecule has 1 aromatic heterocycles. The Bertz CT molecular complexity index is 657. The molecule has 0 aliphatic heterocycles. The van der Waals surface area contributed by atoms with Crippen LogP contribution in [0.4, 0.5) is 0 Å². The van der Waals surface area contributed by atoms with Gasteiger partial charge in [-0.3, -0.25) is 9.78 Å². The van der Waals surface area contributed by atoms with E-state index in [0.29, 0.717) is 30.9 Å². The molecule has 24 heavy (non-hydrogen) atoms. The number of nitrogens with zero attached hydrogens (tertiary/aromatic N) is 1. The molecule has 1 aromatic carbocycles. The van der Waals surface area contributed by atoms with Crippen molar-refractivity contribution in [3.05, 3.63) is 59.9 Å². The van der Waals surface area contributed by atoms with E-state index >= 15 is 0 Å². The molecule has 0 unspecified atom stereocenters. The smallest absolute Gasteiger partial charge is 0.251 e. The summed E-state index contributed by atoms with van der Waals surface area (Å²) in [6, 6.07) is 10.9. The lowest BCUT2D eigenvalue weighted by Crippen LogP contribution is -2.34. The van der Waals surface area contributed by atoms with Gasteiger partial charge in [-0.05, 0) is 36.1 Å². The average molecular weight is 328 g/mol. The predicted molar refractivity (Wildman–Crippen MR) is 92.8 cm³/mol. The molecule has 1 heterocycles. The highest BCUT2D eigenvalue weighted by Crippen LogP contribution is 2.19. The van der Waals surface area contributed by atoms with Crippen LogP contribution in [0.5, 0.6) is 5.75 Å². The number of pyridine rings is 1. The highest BCUT2D eigenvalue weighted by molar-refractivity contribution is 5.94. The Morgan fingerprint density at radius 1 is 1.29 bits per heavy atom. The highest BCUT2D eigenvalue weighted by Gasteiger charge is 2.18. The van der Waals surface area contributed by atoms with Gasteiger partial charge in [0.1, 0.15) is 12.4 Å². The maximum absolute atomic E-state index is 12.3. The number of carbonyl (C=O) groups is 1. The molecule has 0 saturated heterocycles. The predicted octanol–water partition coefficient (Wildman–Crippen LogP) is 2.80.